The summed E-state index contributed by atoms with van der Waals surface area (Å²) in [5.41, 5.74) is 8.41. The molecule has 1 fully saturated rings. The highest BCUT2D eigenvalue weighted by molar-refractivity contribution is 7.17. The van der Waals surface area contributed by atoms with Crippen molar-refractivity contribution in [2.75, 3.05) is 36.8 Å². The number of hydrogen-bond donors (Lipinski definition) is 2. The molecule has 26 heavy (non-hydrogen) atoms. The van der Waals surface area contributed by atoms with Crippen molar-refractivity contribution in [2.24, 2.45) is 0 Å². The number of Topliss-reactive ketones (excluding diaryl/α,β-unsaturated/α-hetero) is 1. The fourth-order valence-corrected chi connectivity index (χ4v) is 3.92. The van der Waals surface area contributed by atoms with Gasteiger partial charge < -0.3 is 20.4 Å². The van der Waals surface area contributed by atoms with Gasteiger partial charge in [-0.05, 0) is 35.9 Å². The lowest BCUT2D eigenvalue weighted by molar-refractivity contribution is 0.0997. The quantitative estimate of drug-likeness (QED) is 0.532. The monoisotopic (exact) mass is 368 g/mol. The van der Waals surface area contributed by atoms with Crippen LogP contribution in [0.5, 0.6) is 0 Å². The number of benzene rings is 1. The van der Waals surface area contributed by atoms with Crippen LogP contribution in [0.25, 0.3) is 11.3 Å². The Labute approximate surface area is 155 Å². The van der Waals surface area contributed by atoms with Crippen LogP contribution in [0.1, 0.15) is 15.2 Å². The molecule has 2 aromatic heterocycles. The van der Waals surface area contributed by atoms with Gasteiger partial charge in [-0.15, -0.1) is 0 Å². The van der Waals surface area contributed by atoms with Crippen molar-refractivity contribution in [1.29, 1.82) is 0 Å². The molecule has 7 heteroatoms. The maximum absolute atomic E-state index is 12.7. The van der Waals surface area contributed by atoms with E-state index in [1.165, 1.54) is 11.3 Å². The second-order valence-electron chi connectivity index (χ2n) is 6.23. The lowest BCUT2D eigenvalue weighted by Gasteiger charge is -2.26. The Bertz CT molecular complexity index is 898. The molecule has 3 N–H and O–H groups in total. The van der Waals surface area contributed by atoms with E-state index >= 15 is 0 Å². The molecule has 0 spiro atoms. The van der Waals surface area contributed by atoms with Gasteiger partial charge in [-0.25, -0.2) is 4.98 Å². The highest BCUT2D eigenvalue weighted by Crippen LogP contribution is 2.27. The summed E-state index contributed by atoms with van der Waals surface area (Å²) < 4.78 is 5.43. The van der Waals surface area contributed by atoms with E-state index in [1.807, 2.05) is 30.3 Å². The number of piperazine rings is 1. The number of anilines is 2. The molecule has 6 nitrogen and oxygen atoms in total. The lowest BCUT2D eigenvalue weighted by atomic mass is 10.0. The molecule has 1 saturated heterocycles. The Hall–Kier alpha value is -2.64. The molecule has 134 valence electrons. The average Bonchev–Trinajstić information content (AvgIpc) is 3.36. The van der Waals surface area contributed by atoms with E-state index in [-0.39, 0.29) is 12.2 Å². The molecular weight excluding hydrogens is 348 g/mol. The zero-order valence-electron chi connectivity index (χ0n) is 14.3. The van der Waals surface area contributed by atoms with Gasteiger partial charge in [-0.1, -0.05) is 11.3 Å². The standard InChI is InChI=1S/C19H20N4O2S/c20-15-4-3-13(17-2-1-9-25-17)10-14(15)11-16(24)18-12-22-19(26-18)23-7-5-21-6-8-23/h1-4,9-10,12,21H,5-8,11,20H2. The first-order valence-electron chi connectivity index (χ1n) is 8.58. The SMILES string of the molecule is Nc1ccc(-c2ccco2)cc1CC(=O)c1cnc(N2CCNCC2)s1. The number of rotatable bonds is 5. The predicted molar refractivity (Wildman–Crippen MR) is 104 cm³/mol. The van der Waals surface area contributed by atoms with E-state index in [4.69, 9.17) is 10.2 Å². The van der Waals surface area contributed by atoms with Gasteiger partial charge in [0, 0.05) is 43.9 Å². The summed E-state index contributed by atoms with van der Waals surface area (Å²) in [6.45, 7) is 3.72. The molecule has 0 saturated carbocycles. The smallest absolute Gasteiger partial charge is 0.186 e. The van der Waals surface area contributed by atoms with Crippen molar-refractivity contribution < 1.29 is 9.21 Å². The van der Waals surface area contributed by atoms with Crippen molar-refractivity contribution >= 4 is 27.9 Å². The van der Waals surface area contributed by atoms with Crippen LogP contribution in [0.3, 0.4) is 0 Å². The molecule has 0 amide bonds. The third kappa shape index (κ3) is 3.49. The van der Waals surface area contributed by atoms with Crippen LogP contribution in [-0.2, 0) is 6.42 Å². The van der Waals surface area contributed by atoms with Gasteiger partial charge in [0.2, 0.25) is 0 Å². The fourth-order valence-electron chi connectivity index (χ4n) is 3.01. The molecule has 1 aromatic carbocycles. The van der Waals surface area contributed by atoms with Gasteiger partial charge in [-0.2, -0.15) is 0 Å². The minimum absolute atomic E-state index is 0.0344. The Balaban J connectivity index is 1.51. The van der Waals surface area contributed by atoms with Crippen LogP contribution in [0, 0.1) is 0 Å². The maximum atomic E-state index is 12.7. The molecule has 4 rings (SSSR count). The number of ketones is 1. The number of nitrogens with zero attached hydrogens (tertiary/aromatic N) is 2. The van der Waals surface area contributed by atoms with Crippen molar-refractivity contribution in [3.63, 3.8) is 0 Å². The fraction of sp³-hybridized carbons (Fsp3) is 0.263. The Morgan fingerprint density at radius 1 is 1.31 bits per heavy atom. The first kappa shape index (κ1) is 16.8. The van der Waals surface area contributed by atoms with Gasteiger partial charge in [0.25, 0.3) is 0 Å². The van der Waals surface area contributed by atoms with Crippen molar-refractivity contribution in [3.8, 4) is 11.3 Å². The number of thiazole rings is 1. The molecule has 0 atom stereocenters. The largest absolute Gasteiger partial charge is 0.464 e. The van der Waals surface area contributed by atoms with E-state index in [1.54, 1.807) is 12.5 Å². The molecule has 0 radical (unpaired) electrons. The molecule has 0 aliphatic carbocycles. The van der Waals surface area contributed by atoms with Crippen molar-refractivity contribution in [3.05, 3.63) is 53.2 Å². The Kier molecular flexibility index (Phi) is 4.73. The van der Waals surface area contributed by atoms with Crippen LogP contribution in [0.15, 0.2) is 47.2 Å². The lowest BCUT2D eigenvalue weighted by Crippen LogP contribution is -2.43. The van der Waals surface area contributed by atoms with Gasteiger partial charge in [0.15, 0.2) is 10.9 Å². The third-order valence-electron chi connectivity index (χ3n) is 4.46. The van der Waals surface area contributed by atoms with E-state index in [0.717, 1.165) is 48.2 Å². The van der Waals surface area contributed by atoms with Gasteiger partial charge in [-0.3, -0.25) is 4.79 Å². The molecule has 0 bridgehead atoms. The molecular formula is C19H20N4O2S. The zero-order chi connectivity index (χ0) is 17.9. The van der Waals surface area contributed by atoms with Crippen LogP contribution >= 0.6 is 11.3 Å². The molecule has 0 unspecified atom stereocenters. The van der Waals surface area contributed by atoms with Crippen molar-refractivity contribution in [1.82, 2.24) is 10.3 Å². The molecule has 3 aromatic rings. The third-order valence-corrected chi connectivity index (χ3v) is 5.55. The van der Waals surface area contributed by atoms with E-state index in [9.17, 15) is 4.79 Å². The number of carbonyl (C=O) groups is 1. The summed E-state index contributed by atoms with van der Waals surface area (Å²) in [6, 6.07) is 9.37. The number of carbonyl (C=O) groups excluding carboxylic acids is 1. The number of nitrogens with one attached hydrogen (secondary N) is 1. The van der Waals surface area contributed by atoms with Gasteiger partial charge in [0.1, 0.15) is 5.76 Å². The number of nitrogen functional groups attached to an aromatic ring is 1. The van der Waals surface area contributed by atoms with Crippen LogP contribution in [0.2, 0.25) is 0 Å². The molecule has 1 aliphatic heterocycles. The summed E-state index contributed by atoms with van der Waals surface area (Å²) in [4.78, 5) is 20.0. The normalized spacial score (nSPS) is 14.5. The Morgan fingerprint density at radius 3 is 2.92 bits per heavy atom. The number of furan rings is 1. The van der Waals surface area contributed by atoms with Crippen LogP contribution in [0.4, 0.5) is 10.8 Å². The minimum Gasteiger partial charge on any atom is -0.464 e. The average molecular weight is 368 g/mol. The number of nitrogens with two attached hydrogens (primary N) is 1. The van der Waals surface area contributed by atoms with E-state index in [2.05, 4.69) is 15.2 Å². The molecule has 1 aliphatic rings. The molecule has 3 heterocycles. The highest BCUT2D eigenvalue weighted by Gasteiger charge is 2.18. The summed E-state index contributed by atoms with van der Waals surface area (Å²) in [5, 5.41) is 4.23. The second-order valence-corrected chi connectivity index (χ2v) is 7.24. The first-order chi connectivity index (χ1) is 12.7. The summed E-state index contributed by atoms with van der Waals surface area (Å²) in [5.74, 6) is 0.796. The zero-order valence-corrected chi connectivity index (χ0v) is 15.1. The van der Waals surface area contributed by atoms with Crippen LogP contribution < -0.4 is 16.0 Å². The highest BCUT2D eigenvalue weighted by atomic mass is 32.1. The van der Waals surface area contributed by atoms with Crippen molar-refractivity contribution in [2.45, 2.75) is 6.42 Å². The second kappa shape index (κ2) is 7.31. The van der Waals surface area contributed by atoms with Gasteiger partial charge >= 0.3 is 0 Å². The first-order valence-corrected chi connectivity index (χ1v) is 9.39. The summed E-state index contributed by atoms with van der Waals surface area (Å²) >= 11 is 1.45. The minimum atomic E-state index is 0.0344. The van der Waals surface area contributed by atoms with E-state index < -0.39 is 0 Å². The van der Waals surface area contributed by atoms with Crippen LogP contribution in [-0.4, -0.2) is 36.9 Å². The topological polar surface area (TPSA) is 84.4 Å². The maximum Gasteiger partial charge on any atom is 0.186 e. The summed E-state index contributed by atoms with van der Waals surface area (Å²) in [7, 11) is 0. The predicted octanol–water partition coefficient (Wildman–Crippen LogP) is 2.82. The summed E-state index contributed by atoms with van der Waals surface area (Å²) in [6.07, 6.45) is 3.56. The number of hydrogen-bond acceptors (Lipinski definition) is 7. The number of aromatic nitrogens is 1. The Morgan fingerprint density at radius 2 is 2.15 bits per heavy atom. The van der Waals surface area contributed by atoms with E-state index in [0.29, 0.717) is 10.6 Å². The van der Waals surface area contributed by atoms with Gasteiger partial charge in [0.05, 0.1) is 17.3 Å².